The van der Waals surface area contributed by atoms with Crippen molar-refractivity contribution in [1.82, 2.24) is 10.2 Å². The zero-order valence-corrected chi connectivity index (χ0v) is 18.9. The fourth-order valence-corrected chi connectivity index (χ4v) is 4.26. The Morgan fingerprint density at radius 3 is 2.15 bits per heavy atom. The molecule has 3 aromatic carbocycles. The Bertz CT molecular complexity index is 987. The van der Waals surface area contributed by atoms with Crippen LogP contribution in [0.3, 0.4) is 0 Å². The first kappa shape index (κ1) is 23.0. The molecule has 0 saturated carbocycles. The largest absolute Gasteiger partial charge is 0.489 e. The van der Waals surface area contributed by atoms with Crippen LogP contribution in [-0.4, -0.2) is 41.7 Å². The first-order valence-electron chi connectivity index (χ1n) is 11.7. The van der Waals surface area contributed by atoms with Crippen LogP contribution in [-0.2, 0) is 17.8 Å². The van der Waals surface area contributed by atoms with Crippen LogP contribution in [0.1, 0.15) is 35.6 Å². The first-order valence-corrected chi connectivity index (χ1v) is 11.7. The number of aliphatic hydroxyl groups excluding tert-OH is 1. The summed E-state index contributed by atoms with van der Waals surface area (Å²) in [4.78, 5) is 15.3. The van der Waals surface area contributed by atoms with Crippen LogP contribution < -0.4 is 10.1 Å². The van der Waals surface area contributed by atoms with Crippen molar-refractivity contribution in [3.63, 3.8) is 0 Å². The minimum atomic E-state index is -0.406. The standard InChI is InChI=1S/C28H32N2O3/c31-20-27(24-11-5-2-6-12-24)29-26(28(32)30-17-7-8-18-30)19-22-13-15-25(16-14-22)33-21-23-9-3-1-4-10-23/h1-6,9-16,26-27,29,31H,7-8,17-21H2. The van der Waals surface area contributed by atoms with E-state index in [1.165, 1.54) is 0 Å². The third-order valence-corrected chi connectivity index (χ3v) is 6.11. The van der Waals surface area contributed by atoms with Crippen molar-refractivity contribution >= 4 is 5.91 Å². The Kier molecular flexibility index (Phi) is 8.12. The molecule has 33 heavy (non-hydrogen) atoms. The summed E-state index contributed by atoms with van der Waals surface area (Å²) in [5, 5.41) is 13.5. The van der Waals surface area contributed by atoms with E-state index in [-0.39, 0.29) is 18.6 Å². The summed E-state index contributed by atoms with van der Waals surface area (Å²) in [5.41, 5.74) is 3.15. The molecule has 5 heteroatoms. The number of carbonyl (C=O) groups is 1. The van der Waals surface area contributed by atoms with Crippen LogP contribution in [0.2, 0.25) is 0 Å². The Morgan fingerprint density at radius 1 is 0.879 bits per heavy atom. The number of nitrogens with one attached hydrogen (secondary N) is 1. The number of nitrogens with zero attached hydrogens (tertiary/aromatic N) is 1. The van der Waals surface area contributed by atoms with Gasteiger partial charge in [-0.25, -0.2) is 0 Å². The number of benzene rings is 3. The molecular formula is C28H32N2O3. The molecule has 2 unspecified atom stereocenters. The van der Waals surface area contributed by atoms with Crippen LogP contribution in [0.15, 0.2) is 84.9 Å². The summed E-state index contributed by atoms with van der Waals surface area (Å²) in [7, 11) is 0. The van der Waals surface area contributed by atoms with Crippen LogP contribution in [0, 0.1) is 0 Å². The second-order valence-electron chi connectivity index (χ2n) is 8.52. The van der Waals surface area contributed by atoms with Crippen molar-refractivity contribution in [3.8, 4) is 5.75 Å². The van der Waals surface area contributed by atoms with Gasteiger partial charge < -0.3 is 14.7 Å². The van der Waals surface area contributed by atoms with Crippen LogP contribution >= 0.6 is 0 Å². The van der Waals surface area contributed by atoms with Gasteiger partial charge in [-0.2, -0.15) is 0 Å². The van der Waals surface area contributed by atoms with Crippen LogP contribution in [0.25, 0.3) is 0 Å². The molecule has 2 N–H and O–H groups in total. The minimum Gasteiger partial charge on any atom is -0.489 e. The third kappa shape index (κ3) is 6.44. The van der Waals surface area contributed by atoms with E-state index in [0.717, 1.165) is 48.4 Å². The van der Waals surface area contributed by atoms with Gasteiger partial charge in [-0.1, -0.05) is 72.8 Å². The first-order chi connectivity index (χ1) is 16.2. The van der Waals surface area contributed by atoms with Crippen molar-refractivity contribution in [3.05, 3.63) is 102 Å². The number of carbonyl (C=O) groups excluding carboxylic acids is 1. The molecule has 0 bridgehead atoms. The molecule has 1 fully saturated rings. The monoisotopic (exact) mass is 444 g/mol. The highest BCUT2D eigenvalue weighted by Crippen LogP contribution is 2.20. The van der Waals surface area contributed by atoms with E-state index in [1.807, 2.05) is 89.8 Å². The highest BCUT2D eigenvalue weighted by molar-refractivity contribution is 5.82. The van der Waals surface area contributed by atoms with Gasteiger partial charge >= 0.3 is 0 Å². The number of hydrogen-bond acceptors (Lipinski definition) is 4. The van der Waals surface area contributed by atoms with E-state index in [0.29, 0.717) is 13.0 Å². The molecule has 1 heterocycles. The lowest BCUT2D eigenvalue weighted by atomic mass is 10.0. The maximum atomic E-state index is 13.3. The maximum Gasteiger partial charge on any atom is 0.240 e. The molecule has 3 aromatic rings. The summed E-state index contributed by atoms with van der Waals surface area (Å²) in [6.45, 7) is 2.06. The second kappa shape index (κ2) is 11.6. The van der Waals surface area contributed by atoms with Crippen molar-refractivity contribution in [2.24, 2.45) is 0 Å². The summed E-state index contributed by atoms with van der Waals surface area (Å²) in [6.07, 6.45) is 2.65. The number of aliphatic hydroxyl groups is 1. The molecular weight excluding hydrogens is 412 g/mol. The predicted molar refractivity (Wildman–Crippen MR) is 130 cm³/mol. The van der Waals surface area contributed by atoms with Gasteiger partial charge in [0.05, 0.1) is 18.7 Å². The average Bonchev–Trinajstić information content (AvgIpc) is 3.42. The van der Waals surface area contributed by atoms with Crippen molar-refractivity contribution in [2.45, 2.75) is 38.0 Å². The number of amides is 1. The molecule has 0 radical (unpaired) electrons. The number of likely N-dealkylation sites (tertiary alicyclic amines) is 1. The van der Waals surface area contributed by atoms with Gasteiger partial charge in [0.1, 0.15) is 12.4 Å². The molecule has 2 atom stereocenters. The van der Waals surface area contributed by atoms with Gasteiger partial charge in [-0.05, 0) is 48.1 Å². The Morgan fingerprint density at radius 2 is 1.52 bits per heavy atom. The zero-order valence-electron chi connectivity index (χ0n) is 18.9. The maximum absolute atomic E-state index is 13.3. The van der Waals surface area contributed by atoms with Crippen molar-refractivity contribution in [1.29, 1.82) is 0 Å². The van der Waals surface area contributed by atoms with Crippen molar-refractivity contribution in [2.75, 3.05) is 19.7 Å². The van der Waals surface area contributed by atoms with Gasteiger partial charge in [0.25, 0.3) is 0 Å². The van der Waals surface area contributed by atoms with Crippen LogP contribution in [0.4, 0.5) is 0 Å². The highest BCUT2D eigenvalue weighted by atomic mass is 16.5. The molecule has 0 aliphatic carbocycles. The molecule has 1 saturated heterocycles. The van der Waals surface area contributed by atoms with Gasteiger partial charge in [0.2, 0.25) is 5.91 Å². The quantitative estimate of drug-likeness (QED) is 0.494. The lowest BCUT2D eigenvalue weighted by Crippen LogP contribution is -2.48. The van der Waals surface area contributed by atoms with E-state index in [1.54, 1.807) is 0 Å². The summed E-state index contributed by atoms with van der Waals surface area (Å²) in [6, 6.07) is 27.1. The molecule has 4 rings (SSSR count). The predicted octanol–water partition coefficient (Wildman–Crippen LogP) is 4.12. The van der Waals surface area contributed by atoms with E-state index < -0.39 is 6.04 Å². The van der Waals surface area contributed by atoms with Gasteiger partial charge in [0.15, 0.2) is 0 Å². The zero-order chi connectivity index (χ0) is 22.9. The second-order valence-corrected chi connectivity index (χ2v) is 8.52. The van der Waals surface area contributed by atoms with Gasteiger partial charge in [-0.15, -0.1) is 0 Å². The molecule has 5 nitrogen and oxygen atoms in total. The van der Waals surface area contributed by atoms with Crippen molar-refractivity contribution < 1.29 is 14.6 Å². The van der Waals surface area contributed by atoms with E-state index in [4.69, 9.17) is 4.74 Å². The average molecular weight is 445 g/mol. The minimum absolute atomic E-state index is 0.0694. The fourth-order valence-electron chi connectivity index (χ4n) is 4.26. The molecule has 0 spiro atoms. The smallest absolute Gasteiger partial charge is 0.240 e. The topological polar surface area (TPSA) is 61.8 Å². The number of hydrogen-bond donors (Lipinski definition) is 2. The summed E-state index contributed by atoms with van der Waals surface area (Å²) in [5.74, 6) is 0.904. The summed E-state index contributed by atoms with van der Waals surface area (Å²) < 4.78 is 5.90. The molecule has 1 aliphatic rings. The number of rotatable bonds is 10. The van der Waals surface area contributed by atoms with E-state index in [2.05, 4.69) is 5.32 Å². The lowest BCUT2D eigenvalue weighted by molar-refractivity contribution is -0.132. The molecule has 172 valence electrons. The van der Waals surface area contributed by atoms with E-state index >= 15 is 0 Å². The molecule has 1 aliphatic heterocycles. The third-order valence-electron chi connectivity index (χ3n) is 6.11. The molecule has 0 aromatic heterocycles. The van der Waals surface area contributed by atoms with Gasteiger partial charge in [-0.3, -0.25) is 10.1 Å². The van der Waals surface area contributed by atoms with E-state index in [9.17, 15) is 9.90 Å². The lowest BCUT2D eigenvalue weighted by Gasteiger charge is -2.28. The Labute approximate surface area is 196 Å². The van der Waals surface area contributed by atoms with Gasteiger partial charge in [0, 0.05) is 13.1 Å². The normalized spacial score (nSPS) is 15.2. The number of ether oxygens (including phenoxy) is 1. The highest BCUT2D eigenvalue weighted by Gasteiger charge is 2.28. The molecule has 1 amide bonds. The Balaban J connectivity index is 1.44. The SMILES string of the molecule is O=C(C(Cc1ccc(OCc2ccccc2)cc1)NC(CO)c1ccccc1)N1CCCC1. The fraction of sp³-hybridized carbons (Fsp3) is 0.321. The Hall–Kier alpha value is -3.15. The summed E-state index contributed by atoms with van der Waals surface area (Å²) >= 11 is 0. The van der Waals surface area contributed by atoms with Crippen LogP contribution in [0.5, 0.6) is 5.75 Å².